The van der Waals surface area contributed by atoms with Gasteiger partial charge in [-0.15, -0.1) is 34.7 Å². The van der Waals surface area contributed by atoms with Gasteiger partial charge in [0.1, 0.15) is 0 Å². The minimum absolute atomic E-state index is 0.0512. The molecule has 0 nitrogen and oxygen atoms in total. The van der Waals surface area contributed by atoms with Gasteiger partial charge in [-0.25, -0.2) is 0 Å². The van der Waals surface area contributed by atoms with Crippen LogP contribution >= 0.6 is 34.7 Å². The Morgan fingerprint density at radius 2 is 1.79 bits per heavy atom. The first-order chi connectivity index (χ1) is 8.93. The predicted octanol–water partition coefficient (Wildman–Crippen LogP) is 6.10. The second-order valence-corrected chi connectivity index (χ2v) is 7.96. The Balaban J connectivity index is 2.34. The molecule has 0 saturated heterocycles. The van der Waals surface area contributed by atoms with Crippen LogP contribution in [0.4, 0.5) is 0 Å². The summed E-state index contributed by atoms with van der Waals surface area (Å²) in [7, 11) is 0. The molecule has 1 heterocycles. The molecule has 0 radical (unpaired) electrons. The van der Waals surface area contributed by atoms with E-state index in [1.54, 1.807) is 11.8 Å². The lowest BCUT2D eigenvalue weighted by Gasteiger charge is -2.16. The third-order valence-electron chi connectivity index (χ3n) is 3.03. The normalized spacial score (nSPS) is 13.5. The Hall–Kier alpha value is -0.440. The lowest BCUT2D eigenvalue weighted by molar-refractivity contribution is 0.604. The van der Waals surface area contributed by atoms with Gasteiger partial charge in [0.15, 0.2) is 0 Å². The third-order valence-corrected chi connectivity index (χ3v) is 6.01. The highest BCUT2D eigenvalue weighted by Gasteiger charge is 2.20. The molecule has 0 aliphatic carbocycles. The van der Waals surface area contributed by atoms with Gasteiger partial charge in [0.05, 0.1) is 5.38 Å². The monoisotopic (exact) mass is 310 g/mol. The maximum Gasteiger partial charge on any atom is 0.0938 e. The van der Waals surface area contributed by atoms with Gasteiger partial charge in [-0.3, -0.25) is 0 Å². The van der Waals surface area contributed by atoms with Gasteiger partial charge in [0, 0.05) is 14.6 Å². The Morgan fingerprint density at radius 3 is 2.37 bits per heavy atom. The number of benzene rings is 1. The van der Waals surface area contributed by atoms with E-state index in [4.69, 9.17) is 11.6 Å². The van der Waals surface area contributed by atoms with Crippen LogP contribution in [0.1, 0.15) is 41.5 Å². The van der Waals surface area contributed by atoms with Crippen LogP contribution in [0.25, 0.3) is 0 Å². The Bertz CT molecular complexity index is 552. The summed E-state index contributed by atoms with van der Waals surface area (Å²) in [5.74, 6) is 0. The topological polar surface area (TPSA) is 0 Å². The number of alkyl halides is 1. The molecule has 0 fully saturated rings. The lowest BCUT2D eigenvalue weighted by Crippen LogP contribution is -2.07. The van der Waals surface area contributed by atoms with Crippen LogP contribution in [0.15, 0.2) is 41.3 Å². The van der Waals surface area contributed by atoms with Crippen molar-refractivity contribution >= 4 is 34.7 Å². The zero-order valence-electron chi connectivity index (χ0n) is 11.7. The van der Waals surface area contributed by atoms with Crippen molar-refractivity contribution in [2.75, 3.05) is 6.26 Å². The third kappa shape index (κ3) is 3.36. The van der Waals surface area contributed by atoms with Gasteiger partial charge < -0.3 is 0 Å². The van der Waals surface area contributed by atoms with Crippen molar-refractivity contribution in [1.82, 2.24) is 0 Å². The lowest BCUT2D eigenvalue weighted by atomic mass is 9.95. The minimum atomic E-state index is -0.0512. The summed E-state index contributed by atoms with van der Waals surface area (Å²) in [6, 6.07) is 12.8. The molecule has 2 aromatic rings. The summed E-state index contributed by atoms with van der Waals surface area (Å²) in [6.07, 6.45) is 2.09. The highest BCUT2D eigenvalue weighted by molar-refractivity contribution is 7.98. The maximum atomic E-state index is 6.68. The number of rotatable bonds is 3. The number of thiophene rings is 1. The van der Waals surface area contributed by atoms with Gasteiger partial charge >= 0.3 is 0 Å². The van der Waals surface area contributed by atoms with E-state index < -0.39 is 0 Å². The van der Waals surface area contributed by atoms with E-state index in [0.717, 1.165) is 0 Å². The van der Waals surface area contributed by atoms with Gasteiger partial charge in [0.2, 0.25) is 0 Å². The van der Waals surface area contributed by atoms with Gasteiger partial charge in [-0.05, 0) is 35.4 Å². The van der Waals surface area contributed by atoms with Gasteiger partial charge in [-0.2, -0.15) is 0 Å². The first-order valence-electron chi connectivity index (χ1n) is 6.30. The largest absolute Gasteiger partial charge is 0.143 e. The zero-order valence-corrected chi connectivity index (χ0v) is 14.1. The maximum absolute atomic E-state index is 6.68. The van der Waals surface area contributed by atoms with E-state index in [0.29, 0.717) is 0 Å². The molecule has 102 valence electrons. The zero-order chi connectivity index (χ0) is 14.0. The molecule has 0 bridgehead atoms. The van der Waals surface area contributed by atoms with E-state index in [9.17, 15) is 0 Å². The summed E-state index contributed by atoms with van der Waals surface area (Å²) in [5.41, 5.74) is 1.40. The first kappa shape index (κ1) is 15.0. The number of hydrogen-bond donors (Lipinski definition) is 0. The summed E-state index contributed by atoms with van der Waals surface area (Å²) in [5, 5.41) is -0.0512. The molecule has 19 heavy (non-hydrogen) atoms. The summed E-state index contributed by atoms with van der Waals surface area (Å²) >= 11 is 10.2. The molecule has 0 spiro atoms. The minimum Gasteiger partial charge on any atom is -0.143 e. The van der Waals surface area contributed by atoms with Crippen LogP contribution in [0.3, 0.4) is 0 Å². The SMILES string of the molecule is CSc1ccccc1C(Cl)c1ccc(C(C)(C)C)s1. The molecule has 1 atom stereocenters. The Morgan fingerprint density at radius 1 is 1.11 bits per heavy atom. The highest BCUT2D eigenvalue weighted by Crippen LogP contribution is 2.40. The van der Waals surface area contributed by atoms with Crippen molar-refractivity contribution in [3.63, 3.8) is 0 Å². The molecule has 0 amide bonds. The van der Waals surface area contributed by atoms with Crippen molar-refractivity contribution < 1.29 is 0 Å². The fourth-order valence-corrected chi connectivity index (χ4v) is 4.08. The van der Waals surface area contributed by atoms with Crippen molar-refractivity contribution in [2.24, 2.45) is 0 Å². The number of thioether (sulfide) groups is 1. The summed E-state index contributed by atoms with van der Waals surface area (Å²) < 4.78 is 0. The average molecular weight is 311 g/mol. The van der Waals surface area contributed by atoms with Crippen LogP contribution in [0.2, 0.25) is 0 Å². The number of hydrogen-bond acceptors (Lipinski definition) is 2. The van der Waals surface area contributed by atoms with Crippen LogP contribution in [0, 0.1) is 0 Å². The summed E-state index contributed by atoms with van der Waals surface area (Å²) in [4.78, 5) is 3.87. The van der Waals surface area contributed by atoms with E-state index in [2.05, 4.69) is 63.4 Å². The Labute approximate surface area is 129 Å². The molecule has 1 aromatic heterocycles. The smallest absolute Gasteiger partial charge is 0.0938 e. The average Bonchev–Trinajstić information content (AvgIpc) is 2.87. The molecular formula is C16H19ClS2. The standard InChI is InChI=1S/C16H19ClS2/c1-16(2,3)14-10-9-13(19-14)15(17)11-7-5-6-8-12(11)18-4/h5-10,15H,1-4H3. The molecule has 1 aromatic carbocycles. The molecular weight excluding hydrogens is 292 g/mol. The van der Waals surface area contributed by atoms with Gasteiger partial charge in [-0.1, -0.05) is 39.0 Å². The first-order valence-corrected chi connectivity index (χ1v) is 8.78. The van der Waals surface area contributed by atoms with E-state index in [1.165, 1.54) is 20.2 Å². The van der Waals surface area contributed by atoms with Crippen molar-refractivity contribution in [1.29, 1.82) is 0 Å². The van der Waals surface area contributed by atoms with Crippen LogP contribution < -0.4 is 0 Å². The number of halogens is 1. The summed E-state index contributed by atoms with van der Waals surface area (Å²) in [6.45, 7) is 6.71. The molecule has 0 aliphatic heterocycles. The molecule has 0 aliphatic rings. The van der Waals surface area contributed by atoms with E-state index in [-0.39, 0.29) is 10.8 Å². The fourth-order valence-electron chi connectivity index (χ4n) is 1.92. The fraction of sp³-hybridized carbons (Fsp3) is 0.375. The highest BCUT2D eigenvalue weighted by atomic mass is 35.5. The van der Waals surface area contributed by atoms with Crippen molar-refractivity contribution in [3.05, 3.63) is 51.7 Å². The molecule has 0 saturated carbocycles. The van der Waals surface area contributed by atoms with Crippen molar-refractivity contribution in [2.45, 2.75) is 36.5 Å². The van der Waals surface area contributed by atoms with E-state index in [1.807, 2.05) is 11.3 Å². The molecule has 2 rings (SSSR count). The quantitative estimate of drug-likeness (QED) is 0.488. The van der Waals surface area contributed by atoms with Crippen LogP contribution in [-0.2, 0) is 5.41 Å². The molecule has 0 N–H and O–H groups in total. The molecule has 3 heteroatoms. The van der Waals surface area contributed by atoms with E-state index >= 15 is 0 Å². The van der Waals surface area contributed by atoms with Crippen LogP contribution in [0.5, 0.6) is 0 Å². The van der Waals surface area contributed by atoms with Crippen LogP contribution in [-0.4, -0.2) is 6.26 Å². The predicted molar refractivity (Wildman–Crippen MR) is 88.9 cm³/mol. The second kappa shape index (κ2) is 5.90. The second-order valence-electron chi connectivity index (χ2n) is 5.56. The molecule has 1 unspecified atom stereocenters. The van der Waals surface area contributed by atoms with Gasteiger partial charge in [0.25, 0.3) is 0 Å². The van der Waals surface area contributed by atoms with Crippen molar-refractivity contribution in [3.8, 4) is 0 Å². The Kier molecular flexibility index (Phi) is 4.65.